The third kappa shape index (κ3) is 3.75. The molecule has 1 atom stereocenters. The number of amides is 1. The second-order valence-electron chi connectivity index (χ2n) is 7.66. The van der Waals surface area contributed by atoms with Gasteiger partial charge in [-0.1, -0.05) is 54.2 Å². The molecule has 1 amide bonds. The summed E-state index contributed by atoms with van der Waals surface area (Å²) in [7, 11) is 0. The van der Waals surface area contributed by atoms with Crippen molar-refractivity contribution in [3.8, 4) is 0 Å². The van der Waals surface area contributed by atoms with Crippen molar-refractivity contribution in [2.75, 3.05) is 26.3 Å². The maximum absolute atomic E-state index is 13.5. The third-order valence-electron chi connectivity index (χ3n) is 5.56. The van der Waals surface area contributed by atoms with E-state index in [1.165, 1.54) is 11.8 Å². The Hall–Kier alpha value is -2.64. The van der Waals surface area contributed by atoms with E-state index in [0.29, 0.717) is 42.4 Å². The van der Waals surface area contributed by atoms with Gasteiger partial charge in [-0.2, -0.15) is 0 Å². The standard InChI is InChI=1S/C23H23N3O3S/c27-21-18-8-4-5-9-19(18)24-23(26(21)17-10-11-17)30-20(16-6-2-1-3-7-16)22(28)25-12-14-29-15-13-25/h1-9,17,20H,10-15H2/t20-/m1/s1. The zero-order valence-electron chi connectivity index (χ0n) is 16.6. The molecule has 0 radical (unpaired) electrons. The molecule has 0 spiro atoms. The van der Waals surface area contributed by atoms with Gasteiger partial charge in [-0.25, -0.2) is 4.98 Å². The molecule has 1 saturated carbocycles. The highest BCUT2D eigenvalue weighted by Crippen LogP contribution is 2.41. The molecule has 1 saturated heterocycles. The van der Waals surface area contributed by atoms with E-state index in [2.05, 4.69) is 0 Å². The number of morpholine rings is 1. The molecule has 1 aliphatic heterocycles. The van der Waals surface area contributed by atoms with E-state index >= 15 is 0 Å². The number of nitrogens with zero attached hydrogens (tertiary/aromatic N) is 3. The number of para-hydroxylation sites is 1. The van der Waals surface area contributed by atoms with E-state index in [1.807, 2.05) is 59.5 Å². The maximum atomic E-state index is 13.5. The number of fused-ring (bicyclic) bond motifs is 1. The van der Waals surface area contributed by atoms with Crippen LogP contribution in [0.1, 0.15) is 29.7 Å². The second kappa shape index (κ2) is 8.24. The number of aromatic nitrogens is 2. The van der Waals surface area contributed by atoms with Gasteiger partial charge in [0.15, 0.2) is 5.16 Å². The maximum Gasteiger partial charge on any atom is 0.262 e. The Morgan fingerprint density at radius 3 is 2.47 bits per heavy atom. The molecule has 1 aromatic heterocycles. The summed E-state index contributed by atoms with van der Waals surface area (Å²) in [6.07, 6.45) is 1.95. The van der Waals surface area contributed by atoms with Crippen LogP contribution in [-0.2, 0) is 9.53 Å². The van der Waals surface area contributed by atoms with Gasteiger partial charge in [0.1, 0.15) is 5.25 Å². The first-order valence-corrected chi connectivity index (χ1v) is 11.2. The molecule has 1 aliphatic carbocycles. The van der Waals surface area contributed by atoms with Crippen LogP contribution in [0.3, 0.4) is 0 Å². The van der Waals surface area contributed by atoms with Gasteiger partial charge < -0.3 is 9.64 Å². The number of carbonyl (C=O) groups is 1. The summed E-state index contributed by atoms with van der Waals surface area (Å²) in [6.45, 7) is 2.28. The fraction of sp³-hybridized carbons (Fsp3) is 0.348. The first kappa shape index (κ1) is 19.3. The molecule has 30 heavy (non-hydrogen) atoms. The first-order valence-electron chi connectivity index (χ1n) is 10.3. The largest absolute Gasteiger partial charge is 0.378 e. The van der Waals surface area contributed by atoms with Crippen LogP contribution in [0.2, 0.25) is 0 Å². The second-order valence-corrected chi connectivity index (χ2v) is 8.74. The Morgan fingerprint density at radius 1 is 1.03 bits per heavy atom. The molecule has 0 unspecified atom stereocenters. The lowest BCUT2D eigenvalue weighted by Gasteiger charge is -2.30. The van der Waals surface area contributed by atoms with Crippen LogP contribution in [0.4, 0.5) is 0 Å². The van der Waals surface area contributed by atoms with Crippen LogP contribution >= 0.6 is 11.8 Å². The van der Waals surface area contributed by atoms with Crippen LogP contribution in [0, 0.1) is 0 Å². The average Bonchev–Trinajstić information content (AvgIpc) is 3.63. The van der Waals surface area contributed by atoms with Crippen LogP contribution in [0.25, 0.3) is 10.9 Å². The SMILES string of the molecule is O=C([C@H](Sc1nc2ccccc2c(=O)n1C1CC1)c1ccccc1)N1CCOCC1. The van der Waals surface area contributed by atoms with E-state index in [1.54, 1.807) is 4.57 Å². The molecule has 0 bridgehead atoms. The zero-order chi connectivity index (χ0) is 20.5. The Kier molecular flexibility index (Phi) is 5.31. The minimum absolute atomic E-state index is 0.0174. The van der Waals surface area contributed by atoms with Crippen molar-refractivity contribution in [2.45, 2.75) is 29.3 Å². The molecule has 154 valence electrons. The van der Waals surface area contributed by atoms with Gasteiger partial charge in [-0.3, -0.25) is 14.2 Å². The average molecular weight is 422 g/mol. The summed E-state index contributed by atoms with van der Waals surface area (Å²) in [5.74, 6) is 0.0410. The van der Waals surface area contributed by atoms with E-state index in [9.17, 15) is 9.59 Å². The fourth-order valence-electron chi connectivity index (χ4n) is 3.81. The lowest BCUT2D eigenvalue weighted by atomic mass is 10.1. The van der Waals surface area contributed by atoms with E-state index in [0.717, 1.165) is 18.4 Å². The van der Waals surface area contributed by atoms with Crippen molar-refractivity contribution in [1.29, 1.82) is 0 Å². The van der Waals surface area contributed by atoms with Gasteiger partial charge in [0.2, 0.25) is 5.91 Å². The van der Waals surface area contributed by atoms with Gasteiger partial charge in [-0.15, -0.1) is 0 Å². The normalized spacial score (nSPS) is 17.8. The molecule has 7 heteroatoms. The Bertz CT molecular complexity index is 1120. The molecule has 0 N–H and O–H groups in total. The molecule has 2 heterocycles. The summed E-state index contributed by atoms with van der Waals surface area (Å²) >= 11 is 1.39. The lowest BCUT2D eigenvalue weighted by molar-refractivity contribution is -0.134. The summed E-state index contributed by atoms with van der Waals surface area (Å²) in [4.78, 5) is 33.4. The third-order valence-corrected chi connectivity index (χ3v) is 6.77. The van der Waals surface area contributed by atoms with E-state index < -0.39 is 5.25 Å². The minimum atomic E-state index is -0.456. The molecular formula is C23H23N3O3S. The predicted molar refractivity (Wildman–Crippen MR) is 117 cm³/mol. The number of benzene rings is 2. The number of hydrogen-bond acceptors (Lipinski definition) is 5. The highest BCUT2D eigenvalue weighted by atomic mass is 32.2. The van der Waals surface area contributed by atoms with Gasteiger partial charge >= 0.3 is 0 Å². The van der Waals surface area contributed by atoms with E-state index in [-0.39, 0.29) is 17.5 Å². The summed E-state index contributed by atoms with van der Waals surface area (Å²) < 4.78 is 7.22. The van der Waals surface area contributed by atoms with Crippen molar-refractivity contribution < 1.29 is 9.53 Å². The minimum Gasteiger partial charge on any atom is -0.378 e. The van der Waals surface area contributed by atoms with E-state index in [4.69, 9.17) is 9.72 Å². The Morgan fingerprint density at radius 2 is 1.73 bits per heavy atom. The summed E-state index contributed by atoms with van der Waals surface area (Å²) in [6, 6.07) is 17.4. The van der Waals surface area contributed by atoms with Gasteiger partial charge in [0.05, 0.1) is 24.1 Å². The lowest BCUT2D eigenvalue weighted by Crippen LogP contribution is -2.42. The van der Waals surface area contributed by atoms with Crippen LogP contribution < -0.4 is 5.56 Å². The zero-order valence-corrected chi connectivity index (χ0v) is 17.4. The molecule has 2 fully saturated rings. The number of carbonyl (C=O) groups excluding carboxylic acids is 1. The van der Waals surface area contributed by atoms with Gasteiger partial charge in [-0.05, 0) is 30.5 Å². The molecule has 5 rings (SSSR count). The number of hydrogen-bond donors (Lipinski definition) is 0. The quantitative estimate of drug-likeness (QED) is 0.467. The summed E-state index contributed by atoms with van der Waals surface area (Å²) in [5, 5.41) is 0.795. The molecule has 3 aromatic rings. The van der Waals surface area contributed by atoms with Gasteiger partial charge in [0.25, 0.3) is 5.56 Å². The van der Waals surface area contributed by atoms with Crippen molar-refractivity contribution >= 4 is 28.6 Å². The van der Waals surface area contributed by atoms with Crippen LogP contribution in [0.5, 0.6) is 0 Å². The van der Waals surface area contributed by atoms with Gasteiger partial charge in [0, 0.05) is 19.1 Å². The van der Waals surface area contributed by atoms with Crippen molar-refractivity contribution in [3.05, 3.63) is 70.5 Å². The number of ether oxygens (including phenoxy) is 1. The highest BCUT2D eigenvalue weighted by molar-refractivity contribution is 8.00. The first-order chi connectivity index (χ1) is 14.7. The van der Waals surface area contributed by atoms with Crippen molar-refractivity contribution in [3.63, 3.8) is 0 Å². The Labute approximate surface area is 178 Å². The van der Waals surface area contributed by atoms with Crippen molar-refractivity contribution in [1.82, 2.24) is 14.5 Å². The predicted octanol–water partition coefficient (Wildman–Crippen LogP) is 3.42. The molecule has 2 aliphatic rings. The summed E-state index contributed by atoms with van der Waals surface area (Å²) in [5.41, 5.74) is 1.58. The highest BCUT2D eigenvalue weighted by Gasteiger charge is 2.33. The fourth-order valence-corrected chi connectivity index (χ4v) is 5.06. The topological polar surface area (TPSA) is 64.4 Å². The molecule has 6 nitrogen and oxygen atoms in total. The molecular weight excluding hydrogens is 398 g/mol. The smallest absolute Gasteiger partial charge is 0.262 e. The molecule has 2 aromatic carbocycles. The van der Waals surface area contributed by atoms with Crippen LogP contribution in [0.15, 0.2) is 64.5 Å². The number of rotatable bonds is 5. The van der Waals surface area contributed by atoms with Crippen LogP contribution in [-0.4, -0.2) is 46.7 Å². The Balaban J connectivity index is 1.58. The number of thioether (sulfide) groups is 1. The monoisotopic (exact) mass is 421 g/mol. The van der Waals surface area contributed by atoms with Crippen molar-refractivity contribution in [2.24, 2.45) is 0 Å².